The van der Waals surface area contributed by atoms with Gasteiger partial charge < -0.3 is 9.80 Å². The lowest BCUT2D eigenvalue weighted by atomic mass is 9.97. The van der Waals surface area contributed by atoms with Gasteiger partial charge in [0.25, 0.3) is 0 Å². The first-order valence-electron chi connectivity index (χ1n) is 7.81. The van der Waals surface area contributed by atoms with Crippen LogP contribution in [0, 0.1) is 11.8 Å². The standard InChI is InChI=1S/C15H26N2O/c18-15(10-13-5-6-13)17-9-3-4-14(12-17)11-16-7-1-2-8-16/h13-14H,1-12H2. The monoisotopic (exact) mass is 250 g/mol. The van der Waals surface area contributed by atoms with Crippen LogP contribution in [0.5, 0.6) is 0 Å². The van der Waals surface area contributed by atoms with Crippen molar-refractivity contribution in [2.24, 2.45) is 11.8 Å². The molecule has 3 aliphatic rings. The van der Waals surface area contributed by atoms with Crippen LogP contribution in [0.1, 0.15) is 44.9 Å². The van der Waals surface area contributed by atoms with Gasteiger partial charge in [0.15, 0.2) is 0 Å². The summed E-state index contributed by atoms with van der Waals surface area (Å²) in [4.78, 5) is 16.9. The van der Waals surface area contributed by atoms with Gasteiger partial charge in [0.2, 0.25) is 5.91 Å². The minimum absolute atomic E-state index is 0.434. The number of hydrogen-bond donors (Lipinski definition) is 0. The third-order valence-corrected chi connectivity index (χ3v) is 4.75. The van der Waals surface area contributed by atoms with Gasteiger partial charge in [-0.15, -0.1) is 0 Å². The van der Waals surface area contributed by atoms with Crippen LogP contribution >= 0.6 is 0 Å². The predicted molar refractivity (Wildman–Crippen MR) is 72.3 cm³/mol. The molecule has 3 heteroatoms. The highest BCUT2D eigenvalue weighted by Gasteiger charge is 2.30. The summed E-state index contributed by atoms with van der Waals surface area (Å²) >= 11 is 0. The number of likely N-dealkylation sites (tertiary alicyclic amines) is 2. The van der Waals surface area contributed by atoms with Crippen molar-refractivity contribution in [3.05, 3.63) is 0 Å². The molecule has 0 aromatic carbocycles. The molecule has 3 rings (SSSR count). The molecule has 3 nitrogen and oxygen atoms in total. The molecule has 0 radical (unpaired) electrons. The number of hydrogen-bond acceptors (Lipinski definition) is 2. The Labute approximate surface area is 111 Å². The topological polar surface area (TPSA) is 23.6 Å². The van der Waals surface area contributed by atoms with Gasteiger partial charge >= 0.3 is 0 Å². The fraction of sp³-hybridized carbons (Fsp3) is 0.933. The van der Waals surface area contributed by atoms with Gasteiger partial charge in [-0.1, -0.05) is 0 Å². The van der Waals surface area contributed by atoms with E-state index in [0.717, 1.165) is 31.3 Å². The average molecular weight is 250 g/mol. The van der Waals surface area contributed by atoms with Gasteiger partial charge in [0.1, 0.15) is 0 Å². The Morgan fingerprint density at radius 3 is 2.44 bits per heavy atom. The largest absolute Gasteiger partial charge is 0.342 e. The van der Waals surface area contributed by atoms with E-state index < -0.39 is 0 Å². The van der Waals surface area contributed by atoms with Crippen LogP contribution in [0.3, 0.4) is 0 Å². The van der Waals surface area contributed by atoms with Gasteiger partial charge in [-0.05, 0) is 63.5 Å². The maximum atomic E-state index is 12.1. The number of nitrogens with zero attached hydrogens (tertiary/aromatic N) is 2. The highest BCUT2D eigenvalue weighted by atomic mass is 16.2. The molecule has 2 saturated heterocycles. The Bertz CT molecular complexity index is 295. The highest BCUT2D eigenvalue weighted by Crippen LogP contribution is 2.33. The zero-order chi connectivity index (χ0) is 12.4. The lowest BCUT2D eigenvalue weighted by molar-refractivity contribution is -0.133. The molecular weight excluding hydrogens is 224 g/mol. The second kappa shape index (κ2) is 5.60. The highest BCUT2D eigenvalue weighted by molar-refractivity contribution is 5.76. The third-order valence-electron chi connectivity index (χ3n) is 4.75. The lowest BCUT2D eigenvalue weighted by Crippen LogP contribution is -2.43. The van der Waals surface area contributed by atoms with Crippen molar-refractivity contribution >= 4 is 5.91 Å². The smallest absolute Gasteiger partial charge is 0.222 e. The van der Waals surface area contributed by atoms with Crippen LogP contribution in [0.2, 0.25) is 0 Å². The molecule has 0 spiro atoms. The Kier molecular flexibility index (Phi) is 3.88. The lowest BCUT2D eigenvalue weighted by Gasteiger charge is -2.34. The van der Waals surface area contributed by atoms with Crippen molar-refractivity contribution in [3.8, 4) is 0 Å². The van der Waals surface area contributed by atoms with Crippen LogP contribution in [-0.2, 0) is 4.79 Å². The Morgan fingerprint density at radius 1 is 0.944 bits per heavy atom. The van der Waals surface area contributed by atoms with Crippen LogP contribution in [0.15, 0.2) is 0 Å². The molecule has 1 saturated carbocycles. The molecule has 18 heavy (non-hydrogen) atoms. The number of piperidine rings is 1. The van der Waals surface area contributed by atoms with E-state index in [1.165, 1.54) is 58.2 Å². The molecule has 1 unspecified atom stereocenters. The van der Waals surface area contributed by atoms with E-state index in [9.17, 15) is 4.79 Å². The molecule has 0 aromatic heterocycles. The SMILES string of the molecule is O=C(CC1CC1)N1CCCC(CN2CCCC2)C1. The Balaban J connectivity index is 1.46. The fourth-order valence-corrected chi connectivity index (χ4v) is 3.47. The second-order valence-electron chi connectivity index (χ2n) is 6.50. The molecule has 1 atom stereocenters. The molecular formula is C15H26N2O. The summed E-state index contributed by atoms with van der Waals surface area (Å²) < 4.78 is 0. The molecule has 2 aliphatic heterocycles. The summed E-state index contributed by atoms with van der Waals surface area (Å²) in [6, 6.07) is 0. The molecule has 0 N–H and O–H groups in total. The Morgan fingerprint density at radius 2 is 1.72 bits per heavy atom. The maximum Gasteiger partial charge on any atom is 0.222 e. The molecule has 1 aliphatic carbocycles. The van der Waals surface area contributed by atoms with Crippen molar-refractivity contribution < 1.29 is 4.79 Å². The summed E-state index contributed by atoms with van der Waals surface area (Å²) in [6.07, 6.45) is 8.69. The van der Waals surface area contributed by atoms with Crippen molar-refractivity contribution in [3.63, 3.8) is 0 Å². The molecule has 102 valence electrons. The number of carbonyl (C=O) groups excluding carboxylic acids is 1. The molecule has 0 aromatic rings. The second-order valence-corrected chi connectivity index (χ2v) is 6.50. The van der Waals surface area contributed by atoms with Crippen molar-refractivity contribution in [2.45, 2.75) is 44.9 Å². The predicted octanol–water partition coefficient (Wildman–Crippen LogP) is 2.12. The van der Waals surface area contributed by atoms with Gasteiger partial charge in [0, 0.05) is 26.1 Å². The third kappa shape index (κ3) is 3.25. The summed E-state index contributed by atoms with van der Waals surface area (Å²) in [6.45, 7) is 5.84. The van der Waals surface area contributed by atoms with E-state index in [1.807, 2.05) is 0 Å². The van der Waals surface area contributed by atoms with E-state index in [0.29, 0.717) is 5.91 Å². The van der Waals surface area contributed by atoms with Crippen LogP contribution in [0.4, 0.5) is 0 Å². The van der Waals surface area contributed by atoms with Crippen molar-refractivity contribution in [2.75, 3.05) is 32.7 Å². The number of carbonyl (C=O) groups is 1. The first kappa shape index (κ1) is 12.5. The summed E-state index contributed by atoms with van der Waals surface area (Å²) in [5.74, 6) is 1.90. The van der Waals surface area contributed by atoms with E-state index in [1.54, 1.807) is 0 Å². The minimum Gasteiger partial charge on any atom is -0.342 e. The molecule has 2 heterocycles. The maximum absolute atomic E-state index is 12.1. The van der Waals surface area contributed by atoms with Crippen LogP contribution < -0.4 is 0 Å². The summed E-state index contributed by atoms with van der Waals surface area (Å²) in [7, 11) is 0. The first-order valence-corrected chi connectivity index (χ1v) is 7.81. The fourth-order valence-electron chi connectivity index (χ4n) is 3.47. The number of amides is 1. The zero-order valence-electron chi connectivity index (χ0n) is 11.4. The molecule has 3 fully saturated rings. The van der Waals surface area contributed by atoms with Crippen LogP contribution in [0.25, 0.3) is 0 Å². The van der Waals surface area contributed by atoms with E-state index in [-0.39, 0.29) is 0 Å². The van der Waals surface area contributed by atoms with Crippen LogP contribution in [-0.4, -0.2) is 48.4 Å². The van der Waals surface area contributed by atoms with Gasteiger partial charge in [0.05, 0.1) is 0 Å². The minimum atomic E-state index is 0.434. The van der Waals surface area contributed by atoms with E-state index >= 15 is 0 Å². The van der Waals surface area contributed by atoms with Gasteiger partial charge in [-0.2, -0.15) is 0 Å². The quantitative estimate of drug-likeness (QED) is 0.763. The average Bonchev–Trinajstić information content (AvgIpc) is 3.04. The van der Waals surface area contributed by atoms with E-state index in [2.05, 4.69) is 9.80 Å². The summed E-state index contributed by atoms with van der Waals surface area (Å²) in [5.41, 5.74) is 0. The Hall–Kier alpha value is -0.570. The normalized spacial score (nSPS) is 29.8. The van der Waals surface area contributed by atoms with Gasteiger partial charge in [-0.3, -0.25) is 4.79 Å². The molecule has 0 bridgehead atoms. The van der Waals surface area contributed by atoms with Crippen molar-refractivity contribution in [1.82, 2.24) is 9.80 Å². The number of rotatable bonds is 4. The van der Waals surface area contributed by atoms with E-state index in [4.69, 9.17) is 0 Å². The summed E-state index contributed by atoms with van der Waals surface area (Å²) in [5, 5.41) is 0. The first-order chi connectivity index (χ1) is 8.81. The zero-order valence-corrected chi connectivity index (χ0v) is 11.4. The molecule has 1 amide bonds. The van der Waals surface area contributed by atoms with Gasteiger partial charge in [-0.25, -0.2) is 0 Å². The van der Waals surface area contributed by atoms with Crippen molar-refractivity contribution in [1.29, 1.82) is 0 Å².